The molecule has 1 heterocycles. The molecule has 0 aliphatic rings. The maximum Gasteiger partial charge on any atom is 0.335 e. The van der Waals surface area contributed by atoms with Gasteiger partial charge < -0.3 is 9.15 Å². The van der Waals surface area contributed by atoms with Gasteiger partial charge in [-0.3, -0.25) is 0 Å². The molecule has 0 unspecified atom stereocenters. The van der Waals surface area contributed by atoms with E-state index in [1.807, 2.05) is 30.3 Å². The third-order valence-electron chi connectivity index (χ3n) is 2.10. The van der Waals surface area contributed by atoms with Gasteiger partial charge in [-0.1, -0.05) is 36.4 Å². The van der Waals surface area contributed by atoms with Gasteiger partial charge in [0.1, 0.15) is 12.4 Å². The molecule has 0 amide bonds. The molecule has 82 valence electrons. The molecule has 0 bridgehead atoms. The molecule has 0 fully saturated rings. The molecule has 0 aliphatic carbocycles. The lowest BCUT2D eigenvalue weighted by Crippen LogP contribution is -2.00. The highest BCUT2D eigenvalue weighted by molar-refractivity contribution is 5.13. The second kappa shape index (κ2) is 5.28. The van der Waals surface area contributed by atoms with Crippen molar-refractivity contribution in [2.45, 2.75) is 13.2 Å². The molecular formula is C13H12O3. The van der Waals surface area contributed by atoms with E-state index in [4.69, 9.17) is 9.15 Å². The van der Waals surface area contributed by atoms with Gasteiger partial charge in [0.25, 0.3) is 0 Å². The molecule has 2 rings (SSSR count). The molecule has 1 aromatic heterocycles. The standard InChI is InChI=1S/C13H12O3/c14-13-8-4-7-12(16-13)10-15-9-11-5-2-1-3-6-11/h1-8H,9-10H2. The summed E-state index contributed by atoms with van der Waals surface area (Å²) in [4.78, 5) is 10.9. The molecule has 0 spiro atoms. The van der Waals surface area contributed by atoms with Gasteiger partial charge >= 0.3 is 5.63 Å². The first kappa shape index (κ1) is 10.6. The minimum Gasteiger partial charge on any atom is -0.425 e. The zero-order valence-corrected chi connectivity index (χ0v) is 8.76. The van der Waals surface area contributed by atoms with Crippen LogP contribution in [0.3, 0.4) is 0 Å². The van der Waals surface area contributed by atoms with Crippen LogP contribution in [0.5, 0.6) is 0 Å². The molecule has 3 heteroatoms. The normalized spacial score (nSPS) is 10.2. The van der Waals surface area contributed by atoms with E-state index in [1.165, 1.54) is 6.07 Å². The van der Waals surface area contributed by atoms with Gasteiger partial charge in [0.05, 0.1) is 6.61 Å². The lowest BCUT2D eigenvalue weighted by atomic mass is 10.2. The number of ether oxygens (including phenoxy) is 1. The fraction of sp³-hybridized carbons (Fsp3) is 0.154. The van der Waals surface area contributed by atoms with Crippen molar-refractivity contribution in [2.24, 2.45) is 0 Å². The van der Waals surface area contributed by atoms with E-state index >= 15 is 0 Å². The van der Waals surface area contributed by atoms with Crippen LogP contribution in [0.15, 0.2) is 57.7 Å². The minimum absolute atomic E-state index is 0.310. The lowest BCUT2D eigenvalue weighted by molar-refractivity contribution is 0.0907. The highest BCUT2D eigenvalue weighted by Crippen LogP contribution is 2.03. The summed E-state index contributed by atoms with van der Waals surface area (Å²) in [6.45, 7) is 0.824. The van der Waals surface area contributed by atoms with E-state index in [9.17, 15) is 4.79 Å². The van der Waals surface area contributed by atoms with Gasteiger partial charge in [-0.2, -0.15) is 0 Å². The van der Waals surface area contributed by atoms with Crippen molar-refractivity contribution >= 4 is 0 Å². The first-order valence-corrected chi connectivity index (χ1v) is 5.05. The van der Waals surface area contributed by atoms with E-state index in [0.29, 0.717) is 19.0 Å². The second-order valence-corrected chi connectivity index (χ2v) is 3.39. The SMILES string of the molecule is O=c1cccc(COCc2ccccc2)o1. The Kier molecular flexibility index (Phi) is 3.51. The van der Waals surface area contributed by atoms with Crippen LogP contribution in [-0.4, -0.2) is 0 Å². The monoisotopic (exact) mass is 216 g/mol. The molecule has 0 saturated carbocycles. The van der Waals surface area contributed by atoms with Crippen LogP contribution in [0, 0.1) is 0 Å². The molecule has 2 aromatic rings. The van der Waals surface area contributed by atoms with Crippen molar-refractivity contribution in [1.82, 2.24) is 0 Å². The maximum atomic E-state index is 10.9. The molecule has 3 nitrogen and oxygen atoms in total. The predicted molar refractivity (Wildman–Crippen MR) is 59.9 cm³/mol. The first-order chi connectivity index (χ1) is 7.84. The third kappa shape index (κ3) is 3.07. The zero-order valence-electron chi connectivity index (χ0n) is 8.76. The topological polar surface area (TPSA) is 39.4 Å². The third-order valence-corrected chi connectivity index (χ3v) is 2.10. The van der Waals surface area contributed by atoms with Gasteiger partial charge in [-0.05, 0) is 11.6 Å². The van der Waals surface area contributed by atoms with Crippen LogP contribution in [-0.2, 0) is 18.0 Å². The van der Waals surface area contributed by atoms with Crippen molar-refractivity contribution < 1.29 is 9.15 Å². The average molecular weight is 216 g/mol. The predicted octanol–water partition coefficient (Wildman–Crippen LogP) is 2.36. The Hall–Kier alpha value is -1.87. The Morgan fingerprint density at radius 2 is 1.75 bits per heavy atom. The summed E-state index contributed by atoms with van der Waals surface area (Å²) >= 11 is 0. The van der Waals surface area contributed by atoms with Crippen molar-refractivity contribution in [1.29, 1.82) is 0 Å². The van der Waals surface area contributed by atoms with E-state index in [0.717, 1.165) is 5.56 Å². The summed E-state index contributed by atoms with van der Waals surface area (Å²) in [6, 6.07) is 14.6. The Balaban J connectivity index is 1.87. The van der Waals surface area contributed by atoms with Crippen LogP contribution >= 0.6 is 0 Å². The second-order valence-electron chi connectivity index (χ2n) is 3.39. The molecule has 0 aliphatic heterocycles. The molecule has 0 radical (unpaired) electrons. The van der Waals surface area contributed by atoms with E-state index in [1.54, 1.807) is 12.1 Å². The quantitative estimate of drug-likeness (QED) is 0.787. The Morgan fingerprint density at radius 3 is 2.50 bits per heavy atom. The van der Waals surface area contributed by atoms with Crippen LogP contribution in [0.4, 0.5) is 0 Å². The first-order valence-electron chi connectivity index (χ1n) is 5.05. The van der Waals surface area contributed by atoms with E-state index < -0.39 is 0 Å². The number of benzene rings is 1. The fourth-order valence-corrected chi connectivity index (χ4v) is 1.35. The van der Waals surface area contributed by atoms with Gasteiger partial charge in [-0.15, -0.1) is 0 Å². The zero-order chi connectivity index (χ0) is 11.2. The minimum atomic E-state index is -0.346. The highest BCUT2D eigenvalue weighted by Gasteiger charge is 1.97. The van der Waals surface area contributed by atoms with Crippen LogP contribution in [0.1, 0.15) is 11.3 Å². The summed E-state index contributed by atoms with van der Waals surface area (Å²) in [6.07, 6.45) is 0. The maximum absolute atomic E-state index is 10.9. The van der Waals surface area contributed by atoms with E-state index in [-0.39, 0.29) is 5.63 Å². The largest absolute Gasteiger partial charge is 0.425 e. The number of rotatable bonds is 4. The van der Waals surface area contributed by atoms with E-state index in [2.05, 4.69) is 0 Å². The smallest absolute Gasteiger partial charge is 0.335 e. The number of hydrogen-bond donors (Lipinski definition) is 0. The summed E-state index contributed by atoms with van der Waals surface area (Å²) in [5.74, 6) is 0.545. The molecule has 1 aromatic carbocycles. The van der Waals surface area contributed by atoms with Crippen molar-refractivity contribution in [3.05, 3.63) is 70.3 Å². The summed E-state index contributed by atoms with van der Waals surface area (Å²) in [7, 11) is 0. The molecule has 0 N–H and O–H groups in total. The van der Waals surface area contributed by atoms with Gasteiger partial charge in [0.2, 0.25) is 0 Å². The highest BCUT2D eigenvalue weighted by atomic mass is 16.5. The van der Waals surface area contributed by atoms with Crippen molar-refractivity contribution in [3.8, 4) is 0 Å². The van der Waals surface area contributed by atoms with Gasteiger partial charge in [-0.25, -0.2) is 4.79 Å². The Morgan fingerprint density at radius 1 is 0.938 bits per heavy atom. The van der Waals surface area contributed by atoms with Crippen molar-refractivity contribution in [3.63, 3.8) is 0 Å². The summed E-state index contributed by atoms with van der Waals surface area (Å²) in [5, 5.41) is 0. The molecule has 0 atom stereocenters. The Labute approximate surface area is 93.3 Å². The van der Waals surface area contributed by atoms with Crippen molar-refractivity contribution in [2.75, 3.05) is 0 Å². The fourth-order valence-electron chi connectivity index (χ4n) is 1.35. The number of hydrogen-bond acceptors (Lipinski definition) is 3. The molecule has 0 saturated heterocycles. The Bertz CT molecular complexity index is 488. The summed E-state index contributed by atoms with van der Waals surface area (Å²) < 4.78 is 10.4. The lowest BCUT2D eigenvalue weighted by Gasteiger charge is -2.02. The van der Waals surface area contributed by atoms with Crippen LogP contribution in [0.25, 0.3) is 0 Å². The average Bonchev–Trinajstić information content (AvgIpc) is 2.30. The molecular weight excluding hydrogens is 204 g/mol. The van der Waals surface area contributed by atoms with Gasteiger partial charge in [0, 0.05) is 6.07 Å². The van der Waals surface area contributed by atoms with Crippen LogP contribution < -0.4 is 5.63 Å². The van der Waals surface area contributed by atoms with Gasteiger partial charge in [0.15, 0.2) is 0 Å². The van der Waals surface area contributed by atoms with Crippen LogP contribution in [0.2, 0.25) is 0 Å². The summed E-state index contributed by atoms with van der Waals surface area (Å²) in [5.41, 5.74) is 0.751. The molecule has 16 heavy (non-hydrogen) atoms.